The normalized spacial score (nSPS) is 11.7. The Bertz CT molecular complexity index is 1260. The van der Waals surface area contributed by atoms with Crippen LogP contribution >= 0.6 is 0 Å². The summed E-state index contributed by atoms with van der Waals surface area (Å²) in [5.41, 5.74) is 4.43. The number of hydrogen-bond donors (Lipinski definition) is 3. The minimum absolute atomic E-state index is 0.135. The number of hydrazone groups is 1. The van der Waals surface area contributed by atoms with Gasteiger partial charge in [-0.1, -0.05) is 48.5 Å². The quantitative estimate of drug-likeness (QED) is 0.240. The minimum Gasteiger partial charge on any atom is -0.483 e. The molecule has 36 heavy (non-hydrogen) atoms. The molecule has 0 aliphatic carbocycles. The Balaban J connectivity index is 1.22. The molecule has 10 nitrogen and oxygen atoms in total. The van der Waals surface area contributed by atoms with E-state index in [9.17, 15) is 14.4 Å². The van der Waals surface area contributed by atoms with Crippen LogP contribution < -0.4 is 30.3 Å². The molecule has 0 aromatic heterocycles. The first kappa shape index (κ1) is 24.3. The summed E-state index contributed by atoms with van der Waals surface area (Å²) < 4.78 is 16.1. The summed E-state index contributed by atoms with van der Waals surface area (Å²) in [6, 6.07) is 21.6. The van der Waals surface area contributed by atoms with E-state index < -0.39 is 11.8 Å². The molecule has 0 bridgehead atoms. The summed E-state index contributed by atoms with van der Waals surface area (Å²) in [7, 11) is 0. The summed E-state index contributed by atoms with van der Waals surface area (Å²) >= 11 is 0. The molecular formula is C26H24N4O6. The van der Waals surface area contributed by atoms with Crippen LogP contribution in [0.4, 0.5) is 0 Å². The average molecular weight is 489 g/mol. The average Bonchev–Trinajstić information content (AvgIpc) is 3.38. The molecule has 0 spiro atoms. The lowest BCUT2D eigenvalue weighted by Gasteiger charge is -2.09. The zero-order valence-electron chi connectivity index (χ0n) is 19.2. The number of hydrogen-bond acceptors (Lipinski definition) is 7. The highest BCUT2D eigenvalue weighted by Crippen LogP contribution is 2.32. The monoisotopic (exact) mass is 488 g/mol. The third-order valence-electron chi connectivity index (χ3n) is 5.08. The highest BCUT2D eigenvalue weighted by atomic mass is 16.7. The van der Waals surface area contributed by atoms with Gasteiger partial charge in [-0.15, -0.1) is 0 Å². The van der Waals surface area contributed by atoms with E-state index in [1.807, 2.05) is 30.3 Å². The van der Waals surface area contributed by atoms with E-state index in [-0.39, 0.29) is 25.9 Å². The van der Waals surface area contributed by atoms with E-state index in [0.29, 0.717) is 29.4 Å². The molecule has 0 saturated heterocycles. The minimum atomic E-state index is -0.925. The summed E-state index contributed by atoms with van der Waals surface area (Å²) in [6.45, 7) is 0.498. The molecule has 0 atom stereocenters. The van der Waals surface area contributed by atoms with Crippen LogP contribution in [-0.2, 0) is 27.5 Å². The molecule has 0 unspecified atom stereocenters. The number of amides is 3. The van der Waals surface area contributed by atoms with Crippen LogP contribution in [0.1, 0.15) is 16.7 Å². The molecule has 1 aliphatic rings. The van der Waals surface area contributed by atoms with Crippen molar-refractivity contribution in [3.05, 3.63) is 89.5 Å². The van der Waals surface area contributed by atoms with E-state index in [2.05, 4.69) is 21.2 Å². The summed E-state index contributed by atoms with van der Waals surface area (Å²) in [4.78, 5) is 36.3. The molecule has 184 valence electrons. The molecule has 3 aromatic rings. The highest BCUT2D eigenvalue weighted by molar-refractivity contribution is 6.35. The molecule has 3 aromatic carbocycles. The predicted molar refractivity (Wildman–Crippen MR) is 130 cm³/mol. The van der Waals surface area contributed by atoms with Crippen LogP contribution in [0, 0.1) is 0 Å². The van der Waals surface area contributed by atoms with Crippen LogP contribution in [0.5, 0.6) is 17.2 Å². The summed E-state index contributed by atoms with van der Waals surface area (Å²) in [6.07, 6.45) is 1.33. The topological polar surface area (TPSA) is 127 Å². The van der Waals surface area contributed by atoms with Gasteiger partial charge in [0, 0.05) is 18.7 Å². The van der Waals surface area contributed by atoms with Crippen molar-refractivity contribution in [2.75, 3.05) is 13.4 Å². The smallest absolute Gasteiger partial charge is 0.329 e. The number of fused-ring (bicyclic) bond motifs is 1. The van der Waals surface area contributed by atoms with Crippen molar-refractivity contribution in [3.8, 4) is 17.2 Å². The van der Waals surface area contributed by atoms with Crippen molar-refractivity contribution in [1.29, 1.82) is 0 Å². The number of carbonyl (C=O) groups excluding carboxylic acids is 3. The Morgan fingerprint density at radius 3 is 2.44 bits per heavy atom. The maximum absolute atomic E-state index is 12.1. The fraction of sp³-hybridized carbons (Fsp3) is 0.154. The van der Waals surface area contributed by atoms with E-state index in [0.717, 1.165) is 11.1 Å². The Kier molecular flexibility index (Phi) is 8.10. The third-order valence-corrected chi connectivity index (χ3v) is 5.08. The lowest BCUT2D eigenvalue weighted by atomic mass is 10.2. The Morgan fingerprint density at radius 2 is 1.58 bits per heavy atom. The van der Waals surface area contributed by atoms with Crippen molar-refractivity contribution in [3.63, 3.8) is 0 Å². The lowest BCUT2D eigenvalue weighted by molar-refractivity contribution is -0.139. The molecule has 1 heterocycles. The van der Waals surface area contributed by atoms with Crippen molar-refractivity contribution >= 4 is 23.9 Å². The van der Waals surface area contributed by atoms with Crippen LogP contribution in [0.25, 0.3) is 0 Å². The van der Waals surface area contributed by atoms with Gasteiger partial charge in [-0.3, -0.25) is 14.4 Å². The number of rotatable bonds is 9. The van der Waals surface area contributed by atoms with Gasteiger partial charge in [0.15, 0.2) is 18.1 Å². The van der Waals surface area contributed by atoms with E-state index in [1.165, 1.54) is 6.21 Å². The molecule has 0 radical (unpaired) electrons. The van der Waals surface area contributed by atoms with Gasteiger partial charge >= 0.3 is 11.8 Å². The maximum Gasteiger partial charge on any atom is 0.329 e. The van der Waals surface area contributed by atoms with E-state index in [1.54, 1.807) is 42.5 Å². The van der Waals surface area contributed by atoms with Crippen molar-refractivity contribution < 1.29 is 28.6 Å². The van der Waals surface area contributed by atoms with Crippen molar-refractivity contribution in [1.82, 2.24) is 16.1 Å². The second-order valence-electron chi connectivity index (χ2n) is 7.66. The van der Waals surface area contributed by atoms with E-state index >= 15 is 0 Å². The first-order valence-corrected chi connectivity index (χ1v) is 11.1. The van der Waals surface area contributed by atoms with Gasteiger partial charge in [0.25, 0.3) is 5.91 Å². The lowest BCUT2D eigenvalue weighted by Crippen LogP contribution is -2.37. The van der Waals surface area contributed by atoms with Crippen molar-refractivity contribution in [2.24, 2.45) is 5.10 Å². The van der Waals surface area contributed by atoms with Crippen molar-refractivity contribution in [2.45, 2.75) is 13.1 Å². The first-order chi connectivity index (χ1) is 17.6. The van der Waals surface area contributed by atoms with Gasteiger partial charge in [0.1, 0.15) is 5.75 Å². The molecule has 3 amide bonds. The number of nitrogens with one attached hydrogen (secondary N) is 3. The van der Waals surface area contributed by atoms with Crippen LogP contribution in [0.2, 0.25) is 0 Å². The van der Waals surface area contributed by atoms with Gasteiger partial charge in [0.2, 0.25) is 6.79 Å². The third kappa shape index (κ3) is 6.83. The standard InChI is InChI=1S/C26H24N4O6/c31-24(27-13-18-6-2-1-3-7-18)16-34-21-9-5-4-8-20(21)15-29-30-26(33)25(32)28-14-19-10-11-22-23(12-19)36-17-35-22/h1-12,15H,13-14,16-17H2,(H,27,31)(H,28,32)(H,30,33)/b29-15+. The number of nitrogens with zero attached hydrogens (tertiary/aromatic N) is 1. The molecular weight excluding hydrogens is 464 g/mol. The SMILES string of the molecule is O=C(COc1ccccc1/C=N/NC(=O)C(=O)NCc1ccc2c(c1)OCO2)NCc1ccccc1. The van der Waals surface area contributed by atoms with Gasteiger partial charge in [-0.2, -0.15) is 5.10 Å². The molecule has 0 fully saturated rings. The zero-order chi connectivity index (χ0) is 25.2. The van der Waals surface area contributed by atoms with Crippen LogP contribution in [-0.4, -0.2) is 37.3 Å². The summed E-state index contributed by atoms with van der Waals surface area (Å²) in [5, 5.41) is 9.13. The Morgan fingerprint density at radius 1 is 0.833 bits per heavy atom. The van der Waals surface area contributed by atoms with Crippen LogP contribution in [0.15, 0.2) is 77.9 Å². The highest BCUT2D eigenvalue weighted by Gasteiger charge is 2.15. The fourth-order valence-electron chi connectivity index (χ4n) is 3.23. The molecule has 3 N–H and O–H groups in total. The van der Waals surface area contributed by atoms with Gasteiger partial charge in [0.05, 0.1) is 6.21 Å². The van der Waals surface area contributed by atoms with Gasteiger partial charge in [-0.05, 0) is 35.4 Å². The predicted octanol–water partition coefficient (Wildman–Crippen LogP) is 1.88. The first-order valence-electron chi connectivity index (χ1n) is 11.1. The Labute approximate surface area is 207 Å². The second kappa shape index (κ2) is 12.0. The number of para-hydroxylation sites is 1. The molecule has 1 aliphatic heterocycles. The van der Waals surface area contributed by atoms with E-state index in [4.69, 9.17) is 14.2 Å². The largest absolute Gasteiger partial charge is 0.483 e. The Hall–Kier alpha value is -4.86. The number of ether oxygens (including phenoxy) is 3. The van der Waals surface area contributed by atoms with Gasteiger partial charge in [-0.25, -0.2) is 5.43 Å². The van der Waals surface area contributed by atoms with Crippen LogP contribution in [0.3, 0.4) is 0 Å². The molecule has 4 rings (SSSR count). The second-order valence-corrected chi connectivity index (χ2v) is 7.66. The molecule has 10 heteroatoms. The maximum atomic E-state index is 12.1. The molecule has 0 saturated carbocycles. The summed E-state index contributed by atoms with van der Waals surface area (Å²) in [5.74, 6) is -0.426. The zero-order valence-corrected chi connectivity index (χ0v) is 19.2. The van der Waals surface area contributed by atoms with Gasteiger partial charge < -0.3 is 24.8 Å². The fourth-order valence-corrected chi connectivity index (χ4v) is 3.23. The number of benzene rings is 3. The number of carbonyl (C=O) groups is 3.